The van der Waals surface area contributed by atoms with Crippen molar-refractivity contribution >= 4 is 0 Å². The van der Waals surface area contributed by atoms with Crippen molar-refractivity contribution < 1.29 is 14.2 Å². The summed E-state index contributed by atoms with van der Waals surface area (Å²) in [7, 11) is 3.32. The highest BCUT2D eigenvalue weighted by Crippen LogP contribution is 2.24. The van der Waals surface area contributed by atoms with Gasteiger partial charge in [0, 0.05) is 45.8 Å². The van der Waals surface area contributed by atoms with Gasteiger partial charge in [0.25, 0.3) is 0 Å². The summed E-state index contributed by atoms with van der Waals surface area (Å²) in [5, 5.41) is 0. The predicted molar refractivity (Wildman–Crippen MR) is 66.9 cm³/mol. The van der Waals surface area contributed by atoms with E-state index in [1.165, 1.54) is 0 Å². The van der Waals surface area contributed by atoms with E-state index < -0.39 is 0 Å². The molecule has 0 aromatic heterocycles. The number of morpholine rings is 1. The van der Waals surface area contributed by atoms with Gasteiger partial charge in [0.1, 0.15) is 0 Å². The highest BCUT2D eigenvalue weighted by molar-refractivity contribution is 4.90. The third kappa shape index (κ3) is 3.89. The van der Waals surface area contributed by atoms with E-state index in [9.17, 15) is 0 Å². The zero-order valence-corrected chi connectivity index (χ0v) is 11.4. The molecule has 2 N–H and O–H groups in total. The Morgan fingerprint density at radius 1 is 1.47 bits per heavy atom. The van der Waals surface area contributed by atoms with Gasteiger partial charge in [-0.1, -0.05) is 0 Å². The minimum atomic E-state index is -0.207. The summed E-state index contributed by atoms with van der Waals surface area (Å²) in [5.41, 5.74) is 5.84. The van der Waals surface area contributed by atoms with Crippen LogP contribution in [-0.2, 0) is 14.2 Å². The molecule has 2 atom stereocenters. The molecule has 1 fully saturated rings. The van der Waals surface area contributed by atoms with Gasteiger partial charge in [-0.3, -0.25) is 4.90 Å². The monoisotopic (exact) mass is 246 g/mol. The molecule has 1 saturated heterocycles. The molecule has 5 nitrogen and oxygen atoms in total. The predicted octanol–water partition coefficient (Wildman–Crippen LogP) is 0.434. The Balaban J connectivity index is 2.65. The van der Waals surface area contributed by atoms with Crippen molar-refractivity contribution in [1.29, 1.82) is 0 Å². The van der Waals surface area contributed by atoms with E-state index in [1.807, 2.05) is 0 Å². The second-order valence-corrected chi connectivity index (χ2v) is 4.93. The van der Waals surface area contributed by atoms with Crippen LogP contribution >= 0.6 is 0 Å². The number of rotatable bonds is 6. The first-order valence-corrected chi connectivity index (χ1v) is 6.18. The molecule has 2 unspecified atom stereocenters. The minimum absolute atomic E-state index is 0.102. The molecule has 0 saturated carbocycles. The highest BCUT2D eigenvalue weighted by Gasteiger charge is 2.35. The Morgan fingerprint density at radius 3 is 2.59 bits per heavy atom. The average Bonchev–Trinajstić information content (AvgIpc) is 2.35. The summed E-state index contributed by atoms with van der Waals surface area (Å²) in [6.07, 6.45) is 0.823. The first-order chi connectivity index (χ1) is 8.05. The number of nitrogens with two attached hydrogens (primary N) is 1. The molecule has 0 bridgehead atoms. The second kappa shape index (κ2) is 6.66. The maximum atomic E-state index is 5.95. The summed E-state index contributed by atoms with van der Waals surface area (Å²) in [6.45, 7) is 7.43. The molecule has 102 valence electrons. The smallest absolute Gasteiger partial charge is 0.158 e. The molecule has 1 rings (SSSR count). The number of hydrogen-bond donors (Lipinski definition) is 1. The molecule has 0 aliphatic carbocycles. The number of nitrogens with zero attached hydrogens (tertiary/aromatic N) is 1. The van der Waals surface area contributed by atoms with E-state index >= 15 is 0 Å². The van der Waals surface area contributed by atoms with E-state index in [0.717, 1.165) is 26.1 Å². The van der Waals surface area contributed by atoms with Crippen molar-refractivity contribution in [2.24, 2.45) is 5.73 Å². The molecule has 0 radical (unpaired) electrons. The fourth-order valence-electron chi connectivity index (χ4n) is 2.27. The van der Waals surface area contributed by atoms with Gasteiger partial charge in [0.05, 0.1) is 12.7 Å². The molecular formula is C12H26N2O3. The Morgan fingerprint density at radius 2 is 2.12 bits per heavy atom. The Hall–Kier alpha value is -0.200. The number of methoxy groups -OCH3 is 2. The molecule has 1 aliphatic rings. The fraction of sp³-hybridized carbons (Fsp3) is 1.00. The van der Waals surface area contributed by atoms with Crippen LogP contribution in [0.2, 0.25) is 0 Å². The van der Waals surface area contributed by atoms with Crippen molar-refractivity contribution in [1.82, 2.24) is 4.90 Å². The maximum absolute atomic E-state index is 5.95. The second-order valence-electron chi connectivity index (χ2n) is 4.93. The topological polar surface area (TPSA) is 57.0 Å². The molecular weight excluding hydrogens is 220 g/mol. The van der Waals surface area contributed by atoms with Gasteiger partial charge in [0.2, 0.25) is 0 Å². The van der Waals surface area contributed by atoms with Gasteiger partial charge in [0.15, 0.2) is 6.29 Å². The summed E-state index contributed by atoms with van der Waals surface area (Å²) < 4.78 is 16.1. The largest absolute Gasteiger partial charge is 0.376 e. The maximum Gasteiger partial charge on any atom is 0.158 e. The lowest BCUT2D eigenvalue weighted by molar-refractivity contribution is -0.139. The zero-order valence-electron chi connectivity index (χ0n) is 11.4. The van der Waals surface area contributed by atoms with Gasteiger partial charge in [-0.15, -0.1) is 0 Å². The Labute approximate surface area is 104 Å². The average molecular weight is 246 g/mol. The lowest BCUT2D eigenvalue weighted by Crippen LogP contribution is -2.58. The Bertz CT molecular complexity index is 224. The van der Waals surface area contributed by atoms with Crippen LogP contribution in [0.15, 0.2) is 0 Å². The highest BCUT2D eigenvalue weighted by atomic mass is 16.7. The third-order valence-corrected chi connectivity index (χ3v) is 3.58. The van der Waals surface area contributed by atoms with Crippen molar-refractivity contribution in [3.8, 4) is 0 Å². The molecule has 0 amide bonds. The van der Waals surface area contributed by atoms with E-state index in [-0.39, 0.29) is 17.9 Å². The lowest BCUT2D eigenvalue weighted by Gasteiger charge is -2.45. The first kappa shape index (κ1) is 14.9. The number of hydrogen-bond acceptors (Lipinski definition) is 5. The van der Waals surface area contributed by atoms with Crippen molar-refractivity contribution in [3.05, 3.63) is 0 Å². The van der Waals surface area contributed by atoms with Crippen LogP contribution in [-0.4, -0.2) is 63.3 Å². The molecule has 17 heavy (non-hydrogen) atoms. The molecule has 0 spiro atoms. The van der Waals surface area contributed by atoms with Crippen LogP contribution in [0.5, 0.6) is 0 Å². The van der Waals surface area contributed by atoms with Crippen LogP contribution < -0.4 is 5.73 Å². The molecule has 0 aromatic carbocycles. The molecule has 1 heterocycles. The van der Waals surface area contributed by atoms with Crippen LogP contribution in [0, 0.1) is 0 Å². The number of ether oxygens (including phenoxy) is 3. The molecule has 0 aromatic rings. The normalized spacial score (nSPS) is 26.1. The standard InChI is InChI=1S/C12H26N2O3/c1-10-8-14(5-6-17-10)12(2,9-13)7-11(15-3)16-4/h10-11H,5-9,13H2,1-4H3. The molecule has 5 heteroatoms. The van der Waals surface area contributed by atoms with Crippen LogP contribution in [0.25, 0.3) is 0 Å². The van der Waals surface area contributed by atoms with Gasteiger partial charge >= 0.3 is 0 Å². The first-order valence-electron chi connectivity index (χ1n) is 6.18. The van der Waals surface area contributed by atoms with E-state index in [1.54, 1.807) is 14.2 Å². The van der Waals surface area contributed by atoms with Crippen molar-refractivity contribution in [2.75, 3.05) is 40.5 Å². The van der Waals surface area contributed by atoms with Crippen LogP contribution in [0.3, 0.4) is 0 Å². The van der Waals surface area contributed by atoms with Gasteiger partial charge in [-0.05, 0) is 13.8 Å². The van der Waals surface area contributed by atoms with Crippen LogP contribution in [0.4, 0.5) is 0 Å². The zero-order chi connectivity index (χ0) is 12.9. The SMILES string of the molecule is COC(CC(C)(CN)N1CCOC(C)C1)OC. The summed E-state index contributed by atoms with van der Waals surface area (Å²) in [4.78, 5) is 2.38. The third-order valence-electron chi connectivity index (χ3n) is 3.58. The fourth-order valence-corrected chi connectivity index (χ4v) is 2.27. The van der Waals surface area contributed by atoms with Gasteiger partial charge < -0.3 is 19.9 Å². The quantitative estimate of drug-likeness (QED) is 0.689. The van der Waals surface area contributed by atoms with Crippen LogP contribution in [0.1, 0.15) is 20.3 Å². The lowest BCUT2D eigenvalue weighted by atomic mass is 9.94. The summed E-state index contributed by atoms with van der Waals surface area (Å²) in [6, 6.07) is 0. The van der Waals surface area contributed by atoms with E-state index in [4.69, 9.17) is 19.9 Å². The Kier molecular flexibility index (Phi) is 5.82. The van der Waals surface area contributed by atoms with Crippen molar-refractivity contribution in [2.45, 2.75) is 38.2 Å². The van der Waals surface area contributed by atoms with Gasteiger partial charge in [-0.2, -0.15) is 0 Å². The minimum Gasteiger partial charge on any atom is -0.376 e. The van der Waals surface area contributed by atoms with Crippen molar-refractivity contribution in [3.63, 3.8) is 0 Å². The van der Waals surface area contributed by atoms with E-state index in [0.29, 0.717) is 6.54 Å². The summed E-state index contributed by atoms with van der Waals surface area (Å²) in [5.74, 6) is 0. The molecule has 1 aliphatic heterocycles. The summed E-state index contributed by atoms with van der Waals surface area (Å²) >= 11 is 0. The van der Waals surface area contributed by atoms with Gasteiger partial charge in [-0.25, -0.2) is 0 Å². The van der Waals surface area contributed by atoms with E-state index in [2.05, 4.69) is 18.7 Å².